The van der Waals surface area contributed by atoms with E-state index in [0.717, 1.165) is 0 Å². The molecule has 0 aliphatic carbocycles. The minimum absolute atomic E-state index is 0.0879. The maximum Gasteiger partial charge on any atom is 0.412 e. The predicted molar refractivity (Wildman–Crippen MR) is 72.0 cm³/mol. The van der Waals surface area contributed by atoms with Crippen molar-refractivity contribution in [3.63, 3.8) is 0 Å². The van der Waals surface area contributed by atoms with Crippen LogP contribution in [0.15, 0.2) is 18.2 Å². The highest BCUT2D eigenvalue weighted by atomic mass is 16.6. The molecule has 1 aromatic rings. The molecule has 6 heteroatoms. The zero-order chi connectivity index (χ0) is 14.6. The van der Waals surface area contributed by atoms with Gasteiger partial charge in [-0.2, -0.15) is 0 Å². The quantitative estimate of drug-likeness (QED) is 0.668. The number of hydrogen-bond donors (Lipinski definition) is 4. The standard InChI is InChI=1S/C13H20N2O4/c1-13(2,3)19-12(18)15-8-4-5-9(10(14)7-16)11(17)6-8/h4-6,10,16-17H,7,14H2,1-3H3,(H,15,18)/t10-/m0/s1. The zero-order valence-electron chi connectivity index (χ0n) is 11.3. The Morgan fingerprint density at radius 3 is 2.58 bits per heavy atom. The first-order valence-electron chi connectivity index (χ1n) is 5.92. The third-order valence-corrected chi connectivity index (χ3v) is 2.27. The Morgan fingerprint density at radius 2 is 2.11 bits per heavy atom. The van der Waals surface area contributed by atoms with E-state index in [2.05, 4.69) is 5.32 Å². The summed E-state index contributed by atoms with van der Waals surface area (Å²) in [6.45, 7) is 5.00. The molecule has 1 atom stereocenters. The van der Waals surface area contributed by atoms with Crippen LogP contribution in [0.5, 0.6) is 5.75 Å². The van der Waals surface area contributed by atoms with Crippen molar-refractivity contribution in [1.29, 1.82) is 0 Å². The molecule has 0 aliphatic rings. The molecule has 0 spiro atoms. The molecule has 0 aromatic heterocycles. The molecule has 0 fully saturated rings. The van der Waals surface area contributed by atoms with E-state index in [-0.39, 0.29) is 12.4 Å². The van der Waals surface area contributed by atoms with E-state index in [4.69, 9.17) is 15.6 Å². The summed E-state index contributed by atoms with van der Waals surface area (Å²) in [4.78, 5) is 11.5. The summed E-state index contributed by atoms with van der Waals surface area (Å²) in [5.41, 5.74) is 5.82. The molecule has 19 heavy (non-hydrogen) atoms. The van der Waals surface area contributed by atoms with Crippen LogP contribution in [-0.4, -0.2) is 28.5 Å². The fourth-order valence-electron chi connectivity index (χ4n) is 1.45. The summed E-state index contributed by atoms with van der Waals surface area (Å²) in [6.07, 6.45) is -0.605. The largest absolute Gasteiger partial charge is 0.508 e. The Bertz CT molecular complexity index is 454. The lowest BCUT2D eigenvalue weighted by atomic mass is 10.1. The Hall–Kier alpha value is -1.79. The lowest BCUT2D eigenvalue weighted by Crippen LogP contribution is -2.27. The van der Waals surface area contributed by atoms with E-state index >= 15 is 0 Å². The van der Waals surface area contributed by atoms with E-state index < -0.39 is 17.7 Å². The van der Waals surface area contributed by atoms with Gasteiger partial charge in [0.15, 0.2) is 0 Å². The van der Waals surface area contributed by atoms with Crippen molar-refractivity contribution in [2.24, 2.45) is 5.73 Å². The lowest BCUT2D eigenvalue weighted by Gasteiger charge is -2.20. The monoisotopic (exact) mass is 268 g/mol. The van der Waals surface area contributed by atoms with Crippen molar-refractivity contribution in [3.05, 3.63) is 23.8 Å². The SMILES string of the molecule is CC(C)(C)OC(=O)Nc1ccc([C@@H](N)CO)c(O)c1. The minimum atomic E-state index is -0.657. The van der Waals surface area contributed by atoms with E-state index in [1.54, 1.807) is 32.9 Å². The average molecular weight is 268 g/mol. The second-order valence-electron chi connectivity index (χ2n) is 5.19. The van der Waals surface area contributed by atoms with Crippen LogP contribution in [0.2, 0.25) is 0 Å². The number of aromatic hydroxyl groups is 1. The molecule has 0 aliphatic heterocycles. The molecule has 0 saturated heterocycles. The average Bonchev–Trinajstić information content (AvgIpc) is 2.25. The van der Waals surface area contributed by atoms with Gasteiger partial charge in [-0.15, -0.1) is 0 Å². The van der Waals surface area contributed by atoms with E-state index in [1.807, 2.05) is 0 Å². The number of anilines is 1. The first-order valence-corrected chi connectivity index (χ1v) is 5.92. The van der Waals surface area contributed by atoms with Gasteiger partial charge in [-0.05, 0) is 26.8 Å². The normalized spacial score (nSPS) is 12.9. The molecule has 0 heterocycles. The van der Waals surface area contributed by atoms with E-state index in [1.165, 1.54) is 6.07 Å². The van der Waals surface area contributed by atoms with Crippen LogP contribution in [-0.2, 0) is 4.74 Å². The van der Waals surface area contributed by atoms with Gasteiger partial charge in [-0.25, -0.2) is 4.79 Å². The van der Waals surface area contributed by atoms with Gasteiger partial charge in [0, 0.05) is 17.3 Å². The van der Waals surface area contributed by atoms with Gasteiger partial charge < -0.3 is 20.7 Å². The molecule has 5 N–H and O–H groups in total. The maximum atomic E-state index is 11.5. The van der Waals surface area contributed by atoms with Crippen LogP contribution in [0.1, 0.15) is 32.4 Å². The fraction of sp³-hybridized carbons (Fsp3) is 0.462. The molecule has 0 unspecified atom stereocenters. The number of carbonyl (C=O) groups is 1. The third-order valence-electron chi connectivity index (χ3n) is 2.27. The molecule has 1 rings (SSSR count). The first kappa shape index (κ1) is 15.3. The number of phenolic OH excluding ortho intramolecular Hbond substituents is 1. The van der Waals surface area contributed by atoms with Gasteiger partial charge in [0.25, 0.3) is 0 Å². The van der Waals surface area contributed by atoms with Crippen molar-refractivity contribution >= 4 is 11.8 Å². The molecule has 6 nitrogen and oxygen atoms in total. The van der Waals surface area contributed by atoms with Crippen LogP contribution in [0, 0.1) is 0 Å². The Kier molecular flexibility index (Phi) is 4.74. The molecule has 1 aromatic carbocycles. The minimum Gasteiger partial charge on any atom is -0.508 e. The summed E-state index contributed by atoms with van der Waals surface area (Å²) in [5.74, 6) is -0.0879. The number of ether oxygens (including phenoxy) is 1. The second kappa shape index (κ2) is 5.90. The highest BCUT2D eigenvalue weighted by molar-refractivity contribution is 5.85. The molecular weight excluding hydrogens is 248 g/mol. The van der Waals surface area contributed by atoms with Crippen molar-refractivity contribution in [1.82, 2.24) is 0 Å². The number of nitrogens with two attached hydrogens (primary N) is 1. The number of benzene rings is 1. The van der Waals surface area contributed by atoms with Crippen LogP contribution in [0.4, 0.5) is 10.5 Å². The van der Waals surface area contributed by atoms with Crippen molar-refractivity contribution in [3.8, 4) is 5.75 Å². The van der Waals surface area contributed by atoms with Crippen molar-refractivity contribution < 1.29 is 19.7 Å². The van der Waals surface area contributed by atoms with Crippen molar-refractivity contribution in [2.75, 3.05) is 11.9 Å². The van der Waals surface area contributed by atoms with Crippen LogP contribution in [0.3, 0.4) is 0 Å². The molecule has 1 amide bonds. The molecule has 106 valence electrons. The number of aliphatic hydroxyl groups excluding tert-OH is 1. The molecule has 0 saturated carbocycles. The summed E-state index contributed by atoms with van der Waals surface area (Å²) < 4.78 is 5.08. The summed E-state index contributed by atoms with van der Waals surface area (Å²) in [7, 11) is 0. The molecule has 0 radical (unpaired) electrons. The predicted octanol–water partition coefficient (Wildman–Crippen LogP) is 1.73. The van der Waals surface area contributed by atoms with Gasteiger partial charge in [-0.3, -0.25) is 5.32 Å². The fourth-order valence-corrected chi connectivity index (χ4v) is 1.45. The highest BCUT2D eigenvalue weighted by Crippen LogP contribution is 2.26. The van der Waals surface area contributed by atoms with Crippen LogP contribution < -0.4 is 11.1 Å². The van der Waals surface area contributed by atoms with Crippen LogP contribution in [0.25, 0.3) is 0 Å². The smallest absolute Gasteiger partial charge is 0.412 e. The number of hydrogen-bond acceptors (Lipinski definition) is 5. The van der Waals surface area contributed by atoms with Gasteiger partial charge in [0.1, 0.15) is 11.4 Å². The number of carbonyl (C=O) groups excluding carboxylic acids is 1. The van der Waals surface area contributed by atoms with Crippen molar-refractivity contribution in [2.45, 2.75) is 32.4 Å². The number of amides is 1. The number of phenols is 1. The summed E-state index contributed by atoms with van der Waals surface area (Å²) in [6, 6.07) is 3.82. The summed E-state index contributed by atoms with van der Waals surface area (Å²) in [5, 5.41) is 21.2. The number of nitrogens with one attached hydrogen (secondary N) is 1. The zero-order valence-corrected chi connectivity index (χ0v) is 11.3. The Labute approximate surface area is 112 Å². The highest BCUT2D eigenvalue weighted by Gasteiger charge is 2.17. The van der Waals surface area contributed by atoms with Gasteiger partial charge in [0.2, 0.25) is 0 Å². The van der Waals surface area contributed by atoms with Gasteiger partial charge in [-0.1, -0.05) is 6.07 Å². The van der Waals surface area contributed by atoms with Gasteiger partial charge >= 0.3 is 6.09 Å². The van der Waals surface area contributed by atoms with Gasteiger partial charge in [0.05, 0.1) is 12.6 Å². The molecular formula is C13H20N2O4. The number of rotatable bonds is 3. The number of aliphatic hydroxyl groups is 1. The molecule has 0 bridgehead atoms. The Balaban J connectivity index is 2.76. The lowest BCUT2D eigenvalue weighted by molar-refractivity contribution is 0.0636. The topological polar surface area (TPSA) is 105 Å². The summed E-state index contributed by atoms with van der Waals surface area (Å²) >= 11 is 0. The van der Waals surface area contributed by atoms with E-state index in [9.17, 15) is 9.90 Å². The van der Waals surface area contributed by atoms with Crippen LogP contribution >= 0.6 is 0 Å². The Morgan fingerprint density at radius 1 is 1.47 bits per heavy atom. The van der Waals surface area contributed by atoms with E-state index in [0.29, 0.717) is 11.3 Å². The first-order chi connectivity index (χ1) is 8.73. The second-order valence-corrected chi connectivity index (χ2v) is 5.19. The third kappa shape index (κ3) is 4.76. The maximum absolute atomic E-state index is 11.5.